The number of nitrogens with one attached hydrogen (secondary N) is 1. The molecule has 0 saturated carbocycles. The molecule has 0 radical (unpaired) electrons. The summed E-state index contributed by atoms with van der Waals surface area (Å²) in [4.78, 5) is 15.4. The van der Waals surface area contributed by atoms with Gasteiger partial charge >= 0.3 is 0 Å². The number of amides is 1. The van der Waals surface area contributed by atoms with E-state index >= 15 is 0 Å². The van der Waals surface area contributed by atoms with Gasteiger partial charge in [0.2, 0.25) is 15.9 Å². The van der Waals surface area contributed by atoms with Crippen LogP contribution in [0.4, 0.5) is 0 Å². The molecule has 3 N–H and O–H groups in total. The number of aliphatic hydroxyl groups is 2. The van der Waals surface area contributed by atoms with E-state index < -0.39 is 40.7 Å². The summed E-state index contributed by atoms with van der Waals surface area (Å²) in [5.41, 5.74) is 0. The smallest absolute Gasteiger partial charge is 0.222 e. The minimum absolute atomic E-state index is 0.0462. The largest absolute Gasteiger partial charge is 0.388 e. The lowest BCUT2D eigenvalue weighted by atomic mass is 9.96. The van der Waals surface area contributed by atoms with Gasteiger partial charge in [-0.1, -0.05) is 201 Å². The predicted octanol–water partition coefficient (Wildman–Crippen LogP) is 10.7. The van der Waals surface area contributed by atoms with Crippen molar-refractivity contribution in [2.24, 2.45) is 0 Å². The zero-order valence-electron chi connectivity index (χ0n) is 36.4. The number of unbranched alkanes of at least 4 members (excludes halogenated alkanes) is 28. The summed E-state index contributed by atoms with van der Waals surface area (Å²) >= 11 is 0. The van der Waals surface area contributed by atoms with Crippen molar-refractivity contribution in [1.29, 1.82) is 0 Å². The summed E-state index contributed by atoms with van der Waals surface area (Å²) in [5.74, 6) is -0.0106. The highest BCUT2D eigenvalue weighted by atomic mass is 32.2. The third-order valence-electron chi connectivity index (χ3n) is 11.5. The van der Waals surface area contributed by atoms with Crippen LogP contribution in [-0.2, 0) is 24.3 Å². The van der Waals surface area contributed by atoms with Gasteiger partial charge in [0, 0.05) is 26.6 Å². The Hall–Kier alpha value is -0.780. The van der Waals surface area contributed by atoms with E-state index in [2.05, 4.69) is 25.5 Å². The second-order valence-corrected chi connectivity index (χ2v) is 18.6. The summed E-state index contributed by atoms with van der Waals surface area (Å²) in [7, 11) is -2.32. The molecule has 9 nitrogen and oxygen atoms in total. The van der Waals surface area contributed by atoms with Crippen LogP contribution < -0.4 is 4.72 Å². The molecule has 0 aliphatic carbocycles. The van der Waals surface area contributed by atoms with Gasteiger partial charge in [0.1, 0.15) is 24.4 Å². The Morgan fingerprint density at radius 3 is 1.38 bits per heavy atom. The highest BCUT2D eigenvalue weighted by Gasteiger charge is 2.47. The Morgan fingerprint density at radius 2 is 0.964 bits per heavy atom. The fourth-order valence-corrected chi connectivity index (χ4v) is 9.25. The van der Waals surface area contributed by atoms with Crippen LogP contribution in [0.15, 0.2) is 0 Å². The average Bonchev–Trinajstić information content (AvgIpc) is 3.17. The lowest BCUT2D eigenvalue weighted by molar-refractivity contribution is -0.256. The van der Waals surface area contributed by atoms with E-state index in [9.17, 15) is 23.4 Å². The summed E-state index contributed by atoms with van der Waals surface area (Å²) in [6.07, 6.45) is 32.6. The second kappa shape index (κ2) is 35.2. The average molecular weight is 803 g/mol. The third-order valence-corrected chi connectivity index (χ3v) is 13.0. The van der Waals surface area contributed by atoms with E-state index in [1.807, 2.05) is 0 Å². The molecule has 0 aromatic heterocycles. The van der Waals surface area contributed by atoms with E-state index in [0.717, 1.165) is 70.6 Å². The van der Waals surface area contributed by atoms with Gasteiger partial charge in [0.15, 0.2) is 6.29 Å². The van der Waals surface area contributed by atoms with Crippen molar-refractivity contribution in [3.63, 3.8) is 0 Å². The van der Waals surface area contributed by atoms with Crippen LogP contribution >= 0.6 is 0 Å². The molecule has 1 aliphatic heterocycles. The van der Waals surface area contributed by atoms with Crippen molar-refractivity contribution in [3.8, 4) is 0 Å². The number of hydrogen-bond donors (Lipinski definition) is 3. The number of sulfonamides is 1. The normalized spacial score (nSPS) is 20.3. The van der Waals surface area contributed by atoms with Crippen LogP contribution in [0.1, 0.15) is 226 Å². The number of carbonyl (C=O) groups is 1. The van der Waals surface area contributed by atoms with Gasteiger partial charge in [0.25, 0.3) is 0 Å². The first kappa shape index (κ1) is 52.2. The van der Waals surface area contributed by atoms with Gasteiger partial charge in [-0.15, -0.1) is 0 Å². The molecule has 0 bridgehead atoms. The SMILES string of the molecule is CCCCCCCCCCCCCCCCCCN(C[C@H]1O[C@H](OC)[C@H](NS(=O)(=O)CCCCCCCC)[C@@H](O)[C@@H]1O)C(=O)CCCCCCCCCCC. The van der Waals surface area contributed by atoms with Crippen molar-refractivity contribution in [2.75, 3.05) is 26.0 Å². The maximum atomic E-state index is 13.6. The second-order valence-electron chi connectivity index (χ2n) is 16.7. The molecule has 55 heavy (non-hydrogen) atoms. The zero-order valence-corrected chi connectivity index (χ0v) is 37.2. The number of hydrogen-bond acceptors (Lipinski definition) is 7. The van der Waals surface area contributed by atoms with Gasteiger partial charge in [-0.3, -0.25) is 4.79 Å². The summed E-state index contributed by atoms with van der Waals surface area (Å²) in [5, 5.41) is 22.4. The quantitative estimate of drug-likeness (QED) is 0.0528. The molecule has 328 valence electrons. The molecule has 0 unspecified atom stereocenters. The Bertz CT molecular complexity index is 982. The fourth-order valence-electron chi connectivity index (χ4n) is 7.88. The van der Waals surface area contributed by atoms with Gasteiger partial charge in [-0.25, -0.2) is 13.1 Å². The van der Waals surface area contributed by atoms with Crippen LogP contribution in [0.2, 0.25) is 0 Å². The van der Waals surface area contributed by atoms with Crippen LogP contribution in [0.5, 0.6) is 0 Å². The number of rotatable bonds is 39. The lowest BCUT2D eigenvalue weighted by Crippen LogP contribution is -2.65. The van der Waals surface area contributed by atoms with Crippen molar-refractivity contribution >= 4 is 15.9 Å². The van der Waals surface area contributed by atoms with Crippen molar-refractivity contribution in [3.05, 3.63) is 0 Å². The number of methoxy groups -OCH3 is 1. The maximum absolute atomic E-state index is 13.6. The maximum Gasteiger partial charge on any atom is 0.222 e. The van der Waals surface area contributed by atoms with E-state index in [1.165, 1.54) is 129 Å². The molecule has 5 atom stereocenters. The minimum Gasteiger partial charge on any atom is -0.388 e. The predicted molar refractivity (Wildman–Crippen MR) is 230 cm³/mol. The van der Waals surface area contributed by atoms with Gasteiger partial charge in [-0.05, 0) is 19.3 Å². The molecule has 1 amide bonds. The van der Waals surface area contributed by atoms with Crippen LogP contribution in [0, 0.1) is 0 Å². The standard InChI is InChI=1S/C45H90N2O7S/c1-5-8-11-14-17-19-20-21-22-23-24-25-27-29-31-34-37-47(41(48)36-33-30-28-26-18-15-12-9-6-2)39-40-43(49)44(50)42(45(53-4)54-40)46-55(51,52)38-35-32-16-13-10-7-3/h40,42-46,49-50H,5-39H2,1-4H3/t40-,42-,43-,44-,45+/m1/s1. The first-order chi connectivity index (χ1) is 26.7. The molecule has 1 fully saturated rings. The fraction of sp³-hybridized carbons (Fsp3) is 0.978. The number of nitrogens with zero attached hydrogens (tertiary/aromatic N) is 1. The zero-order chi connectivity index (χ0) is 40.4. The van der Waals surface area contributed by atoms with Crippen LogP contribution in [-0.4, -0.2) is 86.0 Å². The van der Waals surface area contributed by atoms with Crippen LogP contribution in [0.25, 0.3) is 0 Å². The Kier molecular flexibility index (Phi) is 33.4. The highest BCUT2D eigenvalue weighted by Crippen LogP contribution is 2.25. The Labute approximate surface area is 340 Å². The Balaban J connectivity index is 2.60. The monoisotopic (exact) mass is 803 g/mol. The molecule has 0 aromatic carbocycles. The number of carbonyl (C=O) groups excluding carboxylic acids is 1. The molecular formula is C45H90N2O7S. The van der Waals surface area contributed by atoms with Gasteiger partial charge < -0.3 is 24.6 Å². The van der Waals surface area contributed by atoms with E-state index in [4.69, 9.17) is 9.47 Å². The van der Waals surface area contributed by atoms with Gasteiger partial charge in [-0.2, -0.15) is 0 Å². The molecule has 1 saturated heterocycles. The van der Waals surface area contributed by atoms with Crippen molar-refractivity contribution in [2.45, 2.75) is 257 Å². The van der Waals surface area contributed by atoms with Crippen molar-refractivity contribution in [1.82, 2.24) is 9.62 Å². The molecule has 1 aliphatic rings. The van der Waals surface area contributed by atoms with E-state index in [0.29, 0.717) is 19.4 Å². The summed E-state index contributed by atoms with van der Waals surface area (Å²) in [6, 6.07) is -1.15. The highest BCUT2D eigenvalue weighted by molar-refractivity contribution is 7.89. The molecule has 10 heteroatoms. The minimum atomic E-state index is -3.73. The van der Waals surface area contributed by atoms with Crippen LogP contribution in [0.3, 0.4) is 0 Å². The summed E-state index contributed by atoms with van der Waals surface area (Å²) in [6.45, 7) is 7.36. The molecular weight excluding hydrogens is 713 g/mol. The molecule has 1 rings (SSSR count). The van der Waals surface area contributed by atoms with E-state index in [1.54, 1.807) is 4.90 Å². The van der Waals surface area contributed by atoms with Gasteiger partial charge in [0.05, 0.1) is 5.75 Å². The molecule has 1 heterocycles. The molecule has 0 aromatic rings. The first-order valence-corrected chi connectivity index (χ1v) is 25.2. The third kappa shape index (κ3) is 26.8. The first-order valence-electron chi connectivity index (χ1n) is 23.5. The molecule has 0 spiro atoms. The number of ether oxygens (including phenoxy) is 2. The Morgan fingerprint density at radius 1 is 0.582 bits per heavy atom. The lowest BCUT2D eigenvalue weighted by Gasteiger charge is -2.43. The topological polar surface area (TPSA) is 125 Å². The summed E-state index contributed by atoms with van der Waals surface area (Å²) < 4.78 is 40.0. The van der Waals surface area contributed by atoms with E-state index in [-0.39, 0.29) is 18.2 Å². The van der Waals surface area contributed by atoms with Crippen molar-refractivity contribution < 1.29 is 32.9 Å². The number of aliphatic hydroxyl groups excluding tert-OH is 2.